The predicted octanol–water partition coefficient (Wildman–Crippen LogP) is 2.72. The monoisotopic (exact) mass is 323 g/mol. The van der Waals surface area contributed by atoms with Gasteiger partial charge in [-0.15, -0.1) is 11.3 Å². The summed E-state index contributed by atoms with van der Waals surface area (Å²) in [6, 6.07) is 3.17. The third kappa shape index (κ3) is 2.97. The molecular weight excluding hydrogens is 306 g/mol. The first-order valence-electron chi connectivity index (χ1n) is 6.29. The Balaban J connectivity index is 2.29. The van der Waals surface area contributed by atoms with Gasteiger partial charge in [-0.1, -0.05) is 11.6 Å². The molecule has 1 aliphatic rings. The van der Waals surface area contributed by atoms with Gasteiger partial charge in [0.25, 0.3) is 10.0 Å². The van der Waals surface area contributed by atoms with E-state index in [0.717, 1.165) is 24.2 Å². The second kappa shape index (κ2) is 5.69. The molecular formula is C12H18ClNO3S2. The van der Waals surface area contributed by atoms with Gasteiger partial charge in [-0.25, -0.2) is 8.42 Å². The summed E-state index contributed by atoms with van der Waals surface area (Å²) < 4.78 is 27.6. The van der Waals surface area contributed by atoms with Gasteiger partial charge in [0.15, 0.2) is 0 Å². The van der Waals surface area contributed by atoms with Crippen molar-refractivity contribution in [2.24, 2.45) is 0 Å². The highest BCUT2D eigenvalue weighted by molar-refractivity contribution is 7.91. The van der Waals surface area contributed by atoms with E-state index in [0.29, 0.717) is 27.9 Å². The lowest BCUT2D eigenvalue weighted by Gasteiger charge is -2.34. The molecule has 19 heavy (non-hydrogen) atoms. The Labute approximate surface area is 123 Å². The lowest BCUT2D eigenvalue weighted by atomic mass is 9.94. The number of hydrogen-bond donors (Lipinski definition) is 1. The molecule has 0 aromatic carbocycles. The number of nitrogens with zero attached hydrogens (tertiary/aromatic N) is 1. The van der Waals surface area contributed by atoms with Crippen molar-refractivity contribution < 1.29 is 13.5 Å². The van der Waals surface area contributed by atoms with Gasteiger partial charge in [0.05, 0.1) is 4.34 Å². The molecule has 0 unspecified atom stereocenters. The SMILES string of the molecule is C[C@]1(CCCO)CCCN1S(=O)(=O)c1ccc(Cl)s1. The first kappa shape index (κ1) is 15.3. The number of thiophene rings is 1. The molecule has 1 aromatic heterocycles. The van der Waals surface area contributed by atoms with E-state index in [9.17, 15) is 8.42 Å². The lowest BCUT2D eigenvalue weighted by molar-refractivity contribution is 0.209. The number of aliphatic hydroxyl groups excluding tert-OH is 1. The zero-order valence-electron chi connectivity index (χ0n) is 10.8. The molecule has 1 atom stereocenters. The summed E-state index contributed by atoms with van der Waals surface area (Å²) in [5, 5.41) is 8.97. The largest absolute Gasteiger partial charge is 0.396 e. The summed E-state index contributed by atoms with van der Waals surface area (Å²) in [6.45, 7) is 2.59. The molecule has 0 amide bonds. The van der Waals surface area contributed by atoms with Crippen molar-refractivity contribution in [1.29, 1.82) is 0 Å². The van der Waals surface area contributed by atoms with Crippen molar-refractivity contribution in [2.45, 2.75) is 42.4 Å². The van der Waals surface area contributed by atoms with E-state index >= 15 is 0 Å². The van der Waals surface area contributed by atoms with Crippen molar-refractivity contribution in [3.63, 3.8) is 0 Å². The van der Waals surface area contributed by atoms with Crippen LogP contribution in [-0.4, -0.2) is 36.5 Å². The van der Waals surface area contributed by atoms with E-state index in [4.69, 9.17) is 16.7 Å². The highest BCUT2D eigenvalue weighted by atomic mass is 35.5. The van der Waals surface area contributed by atoms with Crippen LogP contribution < -0.4 is 0 Å². The topological polar surface area (TPSA) is 57.6 Å². The fourth-order valence-electron chi connectivity index (χ4n) is 2.66. The Morgan fingerprint density at radius 2 is 2.26 bits per heavy atom. The fraction of sp³-hybridized carbons (Fsp3) is 0.667. The van der Waals surface area contributed by atoms with E-state index < -0.39 is 15.6 Å². The van der Waals surface area contributed by atoms with Crippen LogP contribution in [0.5, 0.6) is 0 Å². The van der Waals surface area contributed by atoms with Crippen molar-refractivity contribution in [3.8, 4) is 0 Å². The molecule has 1 N–H and O–H groups in total. The van der Waals surface area contributed by atoms with Crippen LogP contribution in [0.15, 0.2) is 16.3 Å². The van der Waals surface area contributed by atoms with Crippen LogP contribution >= 0.6 is 22.9 Å². The van der Waals surface area contributed by atoms with E-state index in [2.05, 4.69) is 0 Å². The van der Waals surface area contributed by atoms with Crippen LogP contribution in [0.2, 0.25) is 4.34 Å². The molecule has 0 spiro atoms. The third-order valence-electron chi connectivity index (χ3n) is 3.65. The van der Waals surface area contributed by atoms with E-state index in [1.807, 2.05) is 6.92 Å². The molecule has 1 aliphatic heterocycles. The van der Waals surface area contributed by atoms with E-state index in [1.54, 1.807) is 16.4 Å². The third-order valence-corrected chi connectivity index (χ3v) is 7.40. The Morgan fingerprint density at radius 3 is 2.84 bits per heavy atom. The van der Waals surface area contributed by atoms with Crippen LogP contribution in [0.4, 0.5) is 0 Å². The molecule has 0 radical (unpaired) electrons. The van der Waals surface area contributed by atoms with Gasteiger partial charge in [0, 0.05) is 18.7 Å². The second-order valence-electron chi connectivity index (χ2n) is 5.06. The Kier molecular flexibility index (Phi) is 4.57. The van der Waals surface area contributed by atoms with Gasteiger partial charge < -0.3 is 5.11 Å². The van der Waals surface area contributed by atoms with Gasteiger partial charge in [0.1, 0.15) is 4.21 Å². The minimum absolute atomic E-state index is 0.0916. The van der Waals surface area contributed by atoms with Gasteiger partial charge in [0.2, 0.25) is 0 Å². The normalized spacial score (nSPS) is 25.0. The average Bonchev–Trinajstić information content (AvgIpc) is 2.94. The molecule has 2 rings (SSSR count). The molecule has 4 nitrogen and oxygen atoms in total. The molecule has 0 saturated carbocycles. The van der Waals surface area contributed by atoms with Crippen LogP contribution in [-0.2, 0) is 10.0 Å². The van der Waals surface area contributed by atoms with Crippen molar-refractivity contribution in [2.75, 3.05) is 13.2 Å². The van der Waals surface area contributed by atoms with Gasteiger partial charge in [-0.3, -0.25) is 0 Å². The summed E-state index contributed by atoms with van der Waals surface area (Å²) in [5.74, 6) is 0. The maximum atomic E-state index is 12.6. The molecule has 108 valence electrons. The zero-order valence-corrected chi connectivity index (χ0v) is 13.2. The minimum Gasteiger partial charge on any atom is -0.396 e. The number of rotatable bonds is 5. The van der Waals surface area contributed by atoms with Gasteiger partial charge in [-0.2, -0.15) is 4.31 Å². The molecule has 7 heteroatoms. The number of halogens is 1. The minimum atomic E-state index is -3.47. The Bertz CT molecular complexity index is 543. The highest BCUT2D eigenvalue weighted by Gasteiger charge is 2.44. The van der Waals surface area contributed by atoms with E-state index in [-0.39, 0.29) is 6.61 Å². The summed E-state index contributed by atoms with van der Waals surface area (Å²) in [7, 11) is -3.47. The molecule has 0 aliphatic carbocycles. The standard InChI is InChI=1S/C12H18ClNO3S2/c1-12(7-3-9-15)6-2-8-14(12)19(16,17)11-5-4-10(13)18-11/h4-5,15H,2-3,6-9H2,1H3/t12-/m1/s1. The summed E-state index contributed by atoms with van der Waals surface area (Å²) >= 11 is 6.92. The maximum Gasteiger partial charge on any atom is 0.253 e. The lowest BCUT2D eigenvalue weighted by Crippen LogP contribution is -2.44. The van der Waals surface area contributed by atoms with Gasteiger partial charge in [-0.05, 0) is 44.7 Å². The summed E-state index contributed by atoms with van der Waals surface area (Å²) in [5.41, 5.74) is -0.391. The van der Waals surface area contributed by atoms with Crippen LogP contribution in [0, 0.1) is 0 Å². The Hall–Kier alpha value is -0.140. The molecule has 1 fully saturated rings. The van der Waals surface area contributed by atoms with Crippen LogP contribution in [0.25, 0.3) is 0 Å². The first-order chi connectivity index (χ1) is 8.90. The zero-order chi connectivity index (χ0) is 14.1. The highest BCUT2D eigenvalue weighted by Crippen LogP contribution is 2.39. The quantitative estimate of drug-likeness (QED) is 0.906. The number of aliphatic hydroxyl groups is 1. The second-order valence-corrected chi connectivity index (χ2v) is 8.87. The first-order valence-corrected chi connectivity index (χ1v) is 8.93. The summed E-state index contributed by atoms with van der Waals surface area (Å²) in [4.78, 5) is 0. The molecule has 2 heterocycles. The van der Waals surface area contributed by atoms with E-state index in [1.165, 1.54) is 0 Å². The van der Waals surface area contributed by atoms with Crippen molar-refractivity contribution in [1.82, 2.24) is 4.31 Å². The van der Waals surface area contributed by atoms with Crippen LogP contribution in [0.3, 0.4) is 0 Å². The van der Waals surface area contributed by atoms with Gasteiger partial charge >= 0.3 is 0 Å². The fourth-order valence-corrected chi connectivity index (χ4v) is 6.13. The molecule has 0 bridgehead atoms. The van der Waals surface area contributed by atoms with Crippen molar-refractivity contribution in [3.05, 3.63) is 16.5 Å². The Morgan fingerprint density at radius 1 is 1.53 bits per heavy atom. The number of sulfonamides is 1. The number of hydrogen-bond acceptors (Lipinski definition) is 4. The van der Waals surface area contributed by atoms with Crippen molar-refractivity contribution >= 4 is 33.0 Å². The summed E-state index contributed by atoms with van der Waals surface area (Å²) in [6.07, 6.45) is 3.00. The maximum absolute atomic E-state index is 12.6. The molecule has 1 saturated heterocycles. The van der Waals surface area contributed by atoms with Crippen LogP contribution in [0.1, 0.15) is 32.6 Å². The molecule has 1 aromatic rings. The smallest absolute Gasteiger partial charge is 0.253 e. The predicted molar refractivity (Wildman–Crippen MR) is 77.2 cm³/mol. The average molecular weight is 324 g/mol.